The summed E-state index contributed by atoms with van der Waals surface area (Å²) in [6.07, 6.45) is 0.699. The van der Waals surface area contributed by atoms with E-state index in [0.717, 1.165) is 0 Å². The number of H-pyrrole nitrogens is 1. The van der Waals surface area contributed by atoms with Crippen molar-refractivity contribution in [3.63, 3.8) is 0 Å². The molecule has 1 N–H and O–H groups in total. The molecule has 1 aromatic carbocycles. The van der Waals surface area contributed by atoms with Gasteiger partial charge in [-0.05, 0) is 18.6 Å². The smallest absolute Gasteiger partial charge is 0.340 e. The molecule has 0 bridgehead atoms. The Balaban J connectivity index is 1.57. The Morgan fingerprint density at radius 2 is 2.12 bits per heavy atom. The van der Waals surface area contributed by atoms with Gasteiger partial charge < -0.3 is 9.80 Å². The number of hydrogen-bond acceptors (Lipinski definition) is 5. The number of aromatic nitrogens is 2. The molecule has 2 heterocycles. The number of rotatable bonds is 4. The highest BCUT2D eigenvalue weighted by molar-refractivity contribution is 5.96. The molecule has 1 aromatic heterocycles. The summed E-state index contributed by atoms with van der Waals surface area (Å²) in [5.41, 5.74) is 0.548. The van der Waals surface area contributed by atoms with Gasteiger partial charge in [0.2, 0.25) is 5.91 Å². The molecule has 0 saturated carbocycles. The number of hydrogen-bond donors (Lipinski definition) is 1. The van der Waals surface area contributed by atoms with Crippen molar-refractivity contribution in [3.8, 4) is 0 Å². The fourth-order valence-electron chi connectivity index (χ4n) is 2.80. The van der Waals surface area contributed by atoms with Gasteiger partial charge in [-0.3, -0.25) is 19.1 Å². The second-order valence-corrected chi connectivity index (χ2v) is 5.83. The van der Waals surface area contributed by atoms with E-state index in [1.165, 1.54) is 4.90 Å². The van der Waals surface area contributed by atoms with Crippen LogP contribution in [0.2, 0.25) is 0 Å². The SMILES string of the molecule is CN(CC(=O)N1CCC(c2noc(=O)[nH]2)C1)C(=O)c1ccccc1. The topological polar surface area (TPSA) is 99.5 Å². The lowest BCUT2D eigenvalue weighted by atomic mass is 10.1. The number of benzene rings is 1. The Morgan fingerprint density at radius 1 is 1.38 bits per heavy atom. The quantitative estimate of drug-likeness (QED) is 0.877. The van der Waals surface area contributed by atoms with Crippen molar-refractivity contribution in [1.82, 2.24) is 19.9 Å². The van der Waals surface area contributed by atoms with Crippen LogP contribution in [0.1, 0.15) is 28.5 Å². The Kier molecular flexibility index (Phi) is 4.45. The number of likely N-dealkylation sites (N-methyl/N-ethyl adjacent to an activating group) is 1. The molecule has 1 atom stereocenters. The normalized spacial score (nSPS) is 17.0. The fourth-order valence-corrected chi connectivity index (χ4v) is 2.80. The van der Waals surface area contributed by atoms with Crippen molar-refractivity contribution >= 4 is 11.8 Å². The van der Waals surface area contributed by atoms with E-state index in [1.807, 2.05) is 6.07 Å². The molecule has 8 heteroatoms. The maximum atomic E-state index is 12.4. The van der Waals surface area contributed by atoms with Gasteiger partial charge in [-0.2, -0.15) is 0 Å². The number of aromatic amines is 1. The van der Waals surface area contributed by atoms with Crippen LogP contribution in [0.3, 0.4) is 0 Å². The number of amides is 2. The zero-order chi connectivity index (χ0) is 17.1. The molecule has 126 valence electrons. The highest BCUT2D eigenvalue weighted by atomic mass is 16.5. The predicted octanol–water partition coefficient (Wildman–Crippen LogP) is 0.451. The number of carbonyl (C=O) groups excluding carboxylic acids is 2. The third-order valence-corrected chi connectivity index (χ3v) is 4.12. The lowest BCUT2D eigenvalue weighted by molar-refractivity contribution is -0.130. The third-order valence-electron chi connectivity index (χ3n) is 4.12. The van der Waals surface area contributed by atoms with Crippen molar-refractivity contribution < 1.29 is 14.1 Å². The zero-order valence-electron chi connectivity index (χ0n) is 13.3. The summed E-state index contributed by atoms with van der Waals surface area (Å²) in [4.78, 5) is 41.3. The van der Waals surface area contributed by atoms with Crippen molar-refractivity contribution in [3.05, 3.63) is 52.3 Å². The Morgan fingerprint density at radius 3 is 2.79 bits per heavy atom. The molecule has 3 rings (SSSR count). The third kappa shape index (κ3) is 3.37. The lowest BCUT2D eigenvalue weighted by Crippen LogP contribution is -2.40. The number of nitrogens with one attached hydrogen (secondary N) is 1. The minimum Gasteiger partial charge on any atom is -0.340 e. The number of nitrogens with zero attached hydrogens (tertiary/aromatic N) is 3. The molecule has 0 spiro atoms. The van der Waals surface area contributed by atoms with Gasteiger partial charge in [-0.15, -0.1) is 0 Å². The van der Waals surface area contributed by atoms with E-state index < -0.39 is 5.76 Å². The van der Waals surface area contributed by atoms with Crippen LogP contribution in [-0.4, -0.2) is 58.4 Å². The summed E-state index contributed by atoms with van der Waals surface area (Å²) in [6, 6.07) is 8.84. The lowest BCUT2D eigenvalue weighted by Gasteiger charge is -2.21. The van der Waals surface area contributed by atoms with E-state index in [2.05, 4.69) is 14.7 Å². The first-order valence-corrected chi connectivity index (χ1v) is 7.69. The van der Waals surface area contributed by atoms with E-state index in [1.54, 1.807) is 36.2 Å². The Bertz CT molecular complexity index is 783. The minimum absolute atomic E-state index is 0.00971. The minimum atomic E-state index is -0.594. The fraction of sp³-hybridized carbons (Fsp3) is 0.375. The molecular formula is C16H18N4O4. The van der Waals surface area contributed by atoms with Gasteiger partial charge in [-0.25, -0.2) is 4.79 Å². The maximum Gasteiger partial charge on any atom is 0.438 e. The van der Waals surface area contributed by atoms with Crippen LogP contribution in [-0.2, 0) is 4.79 Å². The number of likely N-dealkylation sites (tertiary alicyclic amines) is 1. The molecule has 1 saturated heterocycles. The molecule has 2 aromatic rings. The molecule has 1 aliphatic heterocycles. The first-order chi connectivity index (χ1) is 11.5. The van der Waals surface area contributed by atoms with Gasteiger partial charge in [0.25, 0.3) is 5.91 Å². The first kappa shape index (κ1) is 16.0. The van der Waals surface area contributed by atoms with Crippen LogP contribution in [0.5, 0.6) is 0 Å². The van der Waals surface area contributed by atoms with Gasteiger partial charge in [-0.1, -0.05) is 23.4 Å². The van der Waals surface area contributed by atoms with E-state index in [0.29, 0.717) is 30.9 Å². The largest absolute Gasteiger partial charge is 0.438 e. The first-order valence-electron chi connectivity index (χ1n) is 7.69. The molecule has 1 fully saturated rings. The van der Waals surface area contributed by atoms with Crippen molar-refractivity contribution in [2.45, 2.75) is 12.3 Å². The van der Waals surface area contributed by atoms with Gasteiger partial charge in [0.05, 0.1) is 6.54 Å². The van der Waals surface area contributed by atoms with E-state index in [-0.39, 0.29) is 24.3 Å². The Labute approximate surface area is 138 Å². The standard InChI is InChI=1S/C16H18N4O4/c1-19(15(22)11-5-3-2-4-6-11)10-13(21)20-8-7-12(9-20)14-17-16(23)24-18-14/h2-6,12H,7-10H2,1H3,(H,17,18,23). The summed E-state index contributed by atoms with van der Waals surface area (Å²) in [7, 11) is 1.61. The second kappa shape index (κ2) is 6.69. The molecule has 0 radical (unpaired) electrons. The molecular weight excluding hydrogens is 312 g/mol. The molecule has 2 amide bonds. The van der Waals surface area contributed by atoms with Gasteiger partial charge >= 0.3 is 5.76 Å². The predicted molar refractivity (Wildman–Crippen MR) is 84.5 cm³/mol. The maximum absolute atomic E-state index is 12.4. The van der Waals surface area contributed by atoms with Gasteiger partial charge in [0, 0.05) is 31.6 Å². The van der Waals surface area contributed by atoms with Crippen LogP contribution in [0.25, 0.3) is 0 Å². The molecule has 0 aliphatic carbocycles. The highest BCUT2D eigenvalue weighted by Crippen LogP contribution is 2.24. The number of carbonyl (C=O) groups is 2. The zero-order valence-corrected chi connectivity index (χ0v) is 13.3. The molecule has 1 unspecified atom stereocenters. The average Bonchev–Trinajstić information content (AvgIpc) is 3.23. The molecule has 24 heavy (non-hydrogen) atoms. The van der Waals surface area contributed by atoms with E-state index >= 15 is 0 Å². The van der Waals surface area contributed by atoms with Crippen molar-refractivity contribution in [2.24, 2.45) is 0 Å². The summed E-state index contributed by atoms with van der Waals surface area (Å²) < 4.78 is 4.50. The van der Waals surface area contributed by atoms with Crippen molar-refractivity contribution in [2.75, 3.05) is 26.7 Å². The monoisotopic (exact) mass is 330 g/mol. The van der Waals surface area contributed by atoms with E-state index in [9.17, 15) is 14.4 Å². The summed E-state index contributed by atoms with van der Waals surface area (Å²) >= 11 is 0. The Hall–Kier alpha value is -2.90. The molecule has 8 nitrogen and oxygen atoms in total. The van der Waals surface area contributed by atoms with Crippen LogP contribution in [0.4, 0.5) is 0 Å². The second-order valence-electron chi connectivity index (χ2n) is 5.83. The van der Waals surface area contributed by atoms with Gasteiger partial charge in [0.1, 0.15) is 0 Å². The highest BCUT2D eigenvalue weighted by Gasteiger charge is 2.30. The van der Waals surface area contributed by atoms with E-state index in [4.69, 9.17) is 0 Å². The average molecular weight is 330 g/mol. The van der Waals surface area contributed by atoms with Crippen LogP contribution in [0, 0.1) is 0 Å². The summed E-state index contributed by atoms with van der Waals surface area (Å²) in [6.45, 7) is 1.02. The van der Waals surface area contributed by atoms with Crippen molar-refractivity contribution in [1.29, 1.82) is 0 Å². The van der Waals surface area contributed by atoms with Gasteiger partial charge in [0.15, 0.2) is 5.82 Å². The summed E-state index contributed by atoms with van der Waals surface area (Å²) in [5, 5.41) is 3.67. The molecule has 1 aliphatic rings. The van der Waals surface area contributed by atoms with Crippen LogP contribution < -0.4 is 5.76 Å². The van der Waals surface area contributed by atoms with Crippen LogP contribution >= 0.6 is 0 Å². The van der Waals surface area contributed by atoms with Crippen LogP contribution in [0.15, 0.2) is 39.6 Å². The summed E-state index contributed by atoms with van der Waals surface area (Å²) in [5.74, 6) is -0.502.